The molecule has 0 unspecified atom stereocenters. The summed E-state index contributed by atoms with van der Waals surface area (Å²) in [5, 5.41) is 18.5. The van der Waals surface area contributed by atoms with E-state index in [1.807, 2.05) is 12.1 Å². The van der Waals surface area contributed by atoms with Gasteiger partial charge in [0, 0.05) is 48.5 Å². The Labute approximate surface area is 159 Å². The van der Waals surface area contributed by atoms with Crippen molar-refractivity contribution in [3.05, 3.63) is 82.9 Å². The van der Waals surface area contributed by atoms with E-state index < -0.39 is 4.92 Å². The molecule has 0 fully saturated rings. The highest BCUT2D eigenvalue weighted by Crippen LogP contribution is 2.30. The number of anilines is 1. The summed E-state index contributed by atoms with van der Waals surface area (Å²) in [5.74, 6) is 0.590. The third-order valence-electron chi connectivity index (χ3n) is 4.01. The Morgan fingerprint density at radius 2 is 1.89 bits per heavy atom. The molecule has 1 aromatic carbocycles. The molecule has 4 aromatic rings. The molecule has 0 aliphatic heterocycles. The number of pyridine rings is 2. The first-order valence-electron chi connectivity index (χ1n) is 8.36. The highest BCUT2D eigenvalue weighted by atomic mass is 16.6. The van der Waals surface area contributed by atoms with Crippen molar-refractivity contribution in [1.29, 1.82) is 0 Å². The summed E-state index contributed by atoms with van der Waals surface area (Å²) in [6.45, 7) is 0.419. The molecule has 138 valence electrons. The number of rotatable bonds is 6. The van der Waals surface area contributed by atoms with Crippen LogP contribution in [0.1, 0.15) is 5.56 Å². The van der Waals surface area contributed by atoms with Crippen LogP contribution in [0.4, 0.5) is 11.4 Å². The highest BCUT2D eigenvalue weighted by Gasteiger charge is 2.18. The van der Waals surface area contributed by atoms with Crippen LogP contribution in [-0.4, -0.2) is 25.0 Å². The van der Waals surface area contributed by atoms with Gasteiger partial charge in [-0.05, 0) is 35.9 Å². The number of aromatic nitrogens is 4. The Hall–Kier alpha value is -4.14. The Morgan fingerprint density at radius 1 is 1.04 bits per heavy atom. The Kier molecular flexibility index (Phi) is 4.70. The van der Waals surface area contributed by atoms with E-state index in [0.29, 0.717) is 23.7 Å². The first-order chi connectivity index (χ1) is 13.7. The molecule has 0 atom stereocenters. The van der Waals surface area contributed by atoms with Crippen LogP contribution in [-0.2, 0) is 6.54 Å². The maximum absolute atomic E-state index is 11.5. The van der Waals surface area contributed by atoms with Crippen LogP contribution in [0.3, 0.4) is 0 Å². The summed E-state index contributed by atoms with van der Waals surface area (Å²) in [6, 6.07) is 11.9. The van der Waals surface area contributed by atoms with Crippen molar-refractivity contribution < 1.29 is 9.45 Å². The lowest BCUT2D eigenvalue weighted by atomic mass is 10.1. The van der Waals surface area contributed by atoms with E-state index in [4.69, 9.17) is 4.52 Å². The second kappa shape index (κ2) is 7.62. The molecule has 4 rings (SSSR count). The zero-order valence-corrected chi connectivity index (χ0v) is 14.5. The minimum Gasteiger partial charge on any atom is -0.375 e. The van der Waals surface area contributed by atoms with Crippen molar-refractivity contribution >= 4 is 11.4 Å². The number of hydrogen-bond acceptors (Lipinski definition) is 8. The van der Waals surface area contributed by atoms with Crippen molar-refractivity contribution in [1.82, 2.24) is 20.1 Å². The van der Waals surface area contributed by atoms with E-state index in [9.17, 15) is 10.1 Å². The number of nitro groups is 1. The molecule has 28 heavy (non-hydrogen) atoms. The minimum atomic E-state index is -0.445. The average molecular weight is 374 g/mol. The summed E-state index contributed by atoms with van der Waals surface area (Å²) in [4.78, 5) is 23.4. The predicted molar refractivity (Wildman–Crippen MR) is 101 cm³/mol. The lowest BCUT2D eigenvalue weighted by molar-refractivity contribution is -0.383. The van der Waals surface area contributed by atoms with Gasteiger partial charge < -0.3 is 9.84 Å². The van der Waals surface area contributed by atoms with E-state index in [1.54, 1.807) is 49.1 Å². The lowest BCUT2D eigenvalue weighted by Gasteiger charge is -2.07. The molecule has 0 spiro atoms. The maximum Gasteiger partial charge on any atom is 0.293 e. The second-order valence-electron chi connectivity index (χ2n) is 5.86. The van der Waals surface area contributed by atoms with Gasteiger partial charge in [0.05, 0.1) is 4.92 Å². The van der Waals surface area contributed by atoms with Gasteiger partial charge in [-0.3, -0.25) is 20.1 Å². The van der Waals surface area contributed by atoms with Gasteiger partial charge in [0.15, 0.2) is 0 Å². The Balaban J connectivity index is 1.60. The highest BCUT2D eigenvalue weighted by molar-refractivity contribution is 5.71. The fourth-order valence-electron chi connectivity index (χ4n) is 2.62. The van der Waals surface area contributed by atoms with Crippen LogP contribution in [0.25, 0.3) is 22.8 Å². The van der Waals surface area contributed by atoms with Gasteiger partial charge in [-0.2, -0.15) is 4.98 Å². The van der Waals surface area contributed by atoms with Gasteiger partial charge in [-0.25, -0.2) is 0 Å². The second-order valence-corrected chi connectivity index (χ2v) is 5.86. The van der Waals surface area contributed by atoms with Crippen molar-refractivity contribution in [3.63, 3.8) is 0 Å². The average Bonchev–Trinajstić information content (AvgIpc) is 3.24. The molecule has 9 nitrogen and oxygen atoms in total. The number of nitrogens with zero attached hydrogens (tertiary/aromatic N) is 5. The first-order valence-corrected chi connectivity index (χ1v) is 8.36. The van der Waals surface area contributed by atoms with E-state index in [2.05, 4.69) is 25.4 Å². The van der Waals surface area contributed by atoms with Gasteiger partial charge in [-0.15, -0.1) is 0 Å². The normalized spacial score (nSPS) is 10.6. The maximum atomic E-state index is 11.5. The molecule has 0 aliphatic carbocycles. The third-order valence-corrected chi connectivity index (χ3v) is 4.01. The standard InChI is InChI=1S/C19H14N6O3/c26-25(27)17-10-15(3-4-16(17)22-12-13-2-1-7-21-11-13)18-23-19(28-24-18)14-5-8-20-9-6-14/h1-11,22H,12H2. The molecule has 0 saturated heterocycles. The van der Waals surface area contributed by atoms with E-state index in [1.165, 1.54) is 6.07 Å². The number of benzene rings is 1. The number of nitro benzene ring substituents is 1. The van der Waals surface area contributed by atoms with Gasteiger partial charge in [0.1, 0.15) is 5.69 Å². The quantitative estimate of drug-likeness (QED) is 0.400. The zero-order chi connectivity index (χ0) is 19.3. The van der Waals surface area contributed by atoms with Gasteiger partial charge in [0.2, 0.25) is 5.82 Å². The molecular weight excluding hydrogens is 360 g/mol. The molecular formula is C19H14N6O3. The van der Waals surface area contributed by atoms with Crippen LogP contribution < -0.4 is 5.32 Å². The van der Waals surface area contributed by atoms with Crippen LogP contribution in [0, 0.1) is 10.1 Å². The smallest absolute Gasteiger partial charge is 0.293 e. The third kappa shape index (κ3) is 3.68. The van der Waals surface area contributed by atoms with E-state index in [0.717, 1.165) is 11.1 Å². The summed E-state index contributed by atoms with van der Waals surface area (Å²) in [5.41, 5.74) is 2.45. The molecule has 0 radical (unpaired) electrons. The monoisotopic (exact) mass is 374 g/mol. The summed E-state index contributed by atoms with van der Waals surface area (Å²) < 4.78 is 5.26. The molecule has 3 aromatic heterocycles. The molecule has 0 amide bonds. The molecule has 0 aliphatic rings. The topological polar surface area (TPSA) is 120 Å². The van der Waals surface area contributed by atoms with E-state index in [-0.39, 0.29) is 11.5 Å². The Bertz CT molecular complexity index is 1100. The summed E-state index contributed by atoms with van der Waals surface area (Å²) in [7, 11) is 0. The van der Waals surface area contributed by atoms with Crippen molar-refractivity contribution in [3.8, 4) is 22.8 Å². The molecule has 1 N–H and O–H groups in total. The van der Waals surface area contributed by atoms with Crippen LogP contribution in [0.2, 0.25) is 0 Å². The molecule has 0 bridgehead atoms. The fraction of sp³-hybridized carbons (Fsp3) is 0.0526. The van der Waals surface area contributed by atoms with Crippen LogP contribution in [0.5, 0.6) is 0 Å². The van der Waals surface area contributed by atoms with E-state index >= 15 is 0 Å². The predicted octanol–water partition coefficient (Wildman–Crippen LogP) is 3.71. The first kappa shape index (κ1) is 17.3. The van der Waals surface area contributed by atoms with Crippen LogP contribution in [0.15, 0.2) is 71.8 Å². The van der Waals surface area contributed by atoms with Gasteiger partial charge in [-0.1, -0.05) is 11.2 Å². The summed E-state index contributed by atoms with van der Waals surface area (Å²) >= 11 is 0. The van der Waals surface area contributed by atoms with Crippen molar-refractivity contribution in [2.75, 3.05) is 5.32 Å². The van der Waals surface area contributed by atoms with Gasteiger partial charge >= 0.3 is 0 Å². The molecule has 0 saturated carbocycles. The van der Waals surface area contributed by atoms with Crippen LogP contribution >= 0.6 is 0 Å². The summed E-state index contributed by atoms with van der Waals surface area (Å²) in [6.07, 6.45) is 6.61. The van der Waals surface area contributed by atoms with Crippen molar-refractivity contribution in [2.45, 2.75) is 6.54 Å². The molecule has 3 heterocycles. The largest absolute Gasteiger partial charge is 0.375 e. The molecule has 9 heteroatoms. The van der Waals surface area contributed by atoms with Crippen molar-refractivity contribution in [2.24, 2.45) is 0 Å². The SMILES string of the molecule is O=[N+]([O-])c1cc(-c2noc(-c3ccncc3)n2)ccc1NCc1cccnc1. The Morgan fingerprint density at radius 3 is 2.64 bits per heavy atom. The van der Waals surface area contributed by atoms with Gasteiger partial charge in [0.25, 0.3) is 11.6 Å². The number of nitrogens with one attached hydrogen (secondary N) is 1. The number of hydrogen-bond donors (Lipinski definition) is 1. The zero-order valence-electron chi connectivity index (χ0n) is 14.5. The fourth-order valence-corrected chi connectivity index (χ4v) is 2.62. The lowest BCUT2D eigenvalue weighted by Crippen LogP contribution is -2.03. The minimum absolute atomic E-state index is 0.0725.